The van der Waals surface area contributed by atoms with Crippen LogP contribution in [0, 0.1) is 0 Å². The number of benzene rings is 1. The molecular weight excluding hydrogens is 290 g/mol. The molecule has 1 unspecified atom stereocenters. The van der Waals surface area contributed by atoms with Gasteiger partial charge in [-0.1, -0.05) is 30.9 Å². The van der Waals surface area contributed by atoms with Crippen LogP contribution in [0.5, 0.6) is 0 Å². The Morgan fingerprint density at radius 2 is 1.81 bits per heavy atom. The third kappa shape index (κ3) is 4.83. The highest BCUT2D eigenvalue weighted by Gasteiger charge is 2.25. The number of hydrogen-bond acceptors (Lipinski definition) is 3. The molecule has 0 amide bonds. The summed E-state index contributed by atoms with van der Waals surface area (Å²) in [6.07, 6.45) is 5.38. The molecule has 1 aromatic rings. The average Bonchev–Trinajstić information content (AvgIpc) is 2.48. The van der Waals surface area contributed by atoms with E-state index in [0.29, 0.717) is 10.6 Å². The van der Waals surface area contributed by atoms with Crippen molar-refractivity contribution >= 4 is 23.4 Å². The molecule has 1 fully saturated rings. The lowest BCUT2D eigenvalue weighted by Crippen LogP contribution is -2.45. The van der Waals surface area contributed by atoms with Gasteiger partial charge in [0.2, 0.25) is 0 Å². The van der Waals surface area contributed by atoms with Crippen LogP contribution >= 0.6 is 11.6 Å². The first kappa shape index (κ1) is 16.0. The van der Waals surface area contributed by atoms with Gasteiger partial charge < -0.3 is 10.4 Å². The zero-order valence-corrected chi connectivity index (χ0v) is 12.6. The number of Topliss-reactive ketones (excluding diaryl/α,β-unsaturated/α-hetero) is 1. The maximum Gasteiger partial charge on any atom is 0.321 e. The number of halogens is 1. The molecule has 2 N–H and O–H groups in total. The highest BCUT2D eigenvalue weighted by molar-refractivity contribution is 6.30. The smallest absolute Gasteiger partial charge is 0.321 e. The van der Waals surface area contributed by atoms with Crippen molar-refractivity contribution in [2.45, 2.75) is 50.6 Å². The Morgan fingerprint density at radius 3 is 2.38 bits per heavy atom. The van der Waals surface area contributed by atoms with Crippen molar-refractivity contribution in [3.05, 3.63) is 34.9 Å². The van der Waals surface area contributed by atoms with Crippen molar-refractivity contribution in [2.24, 2.45) is 0 Å². The number of rotatable bonds is 6. The molecule has 0 bridgehead atoms. The molecule has 2 rings (SSSR count). The number of carboxylic acids is 1. The summed E-state index contributed by atoms with van der Waals surface area (Å²) in [4.78, 5) is 23.5. The molecule has 0 heterocycles. The van der Waals surface area contributed by atoms with Gasteiger partial charge in [-0.15, -0.1) is 0 Å². The largest absolute Gasteiger partial charge is 0.480 e. The van der Waals surface area contributed by atoms with Gasteiger partial charge in [-0.05, 0) is 37.1 Å². The minimum absolute atomic E-state index is 0.0343. The number of aliphatic carboxylic acids is 1. The zero-order chi connectivity index (χ0) is 15.2. The highest BCUT2D eigenvalue weighted by Crippen LogP contribution is 2.19. The molecule has 0 spiro atoms. The van der Waals surface area contributed by atoms with Crippen LogP contribution < -0.4 is 5.32 Å². The third-order valence-corrected chi connectivity index (χ3v) is 4.15. The minimum atomic E-state index is -0.970. The van der Waals surface area contributed by atoms with Gasteiger partial charge in [0.05, 0.1) is 0 Å². The molecule has 5 heteroatoms. The quantitative estimate of drug-likeness (QED) is 0.791. The van der Waals surface area contributed by atoms with Crippen LogP contribution in [0.15, 0.2) is 24.3 Å². The van der Waals surface area contributed by atoms with E-state index in [1.807, 2.05) is 0 Å². The standard InChI is InChI=1S/C16H20ClNO3/c17-12-8-6-11(7-9-12)15(19)10-14(16(20)21)18-13-4-2-1-3-5-13/h6-9,13-14,18H,1-5,10H2,(H,20,21). The van der Waals surface area contributed by atoms with Gasteiger partial charge in [0, 0.05) is 23.0 Å². The van der Waals surface area contributed by atoms with E-state index in [1.165, 1.54) is 6.42 Å². The Labute approximate surface area is 129 Å². The van der Waals surface area contributed by atoms with E-state index in [1.54, 1.807) is 24.3 Å². The second kappa shape index (κ2) is 7.57. The van der Waals surface area contributed by atoms with E-state index in [-0.39, 0.29) is 18.2 Å². The van der Waals surface area contributed by atoms with Crippen molar-refractivity contribution in [2.75, 3.05) is 0 Å². The number of carbonyl (C=O) groups is 2. The van der Waals surface area contributed by atoms with Crippen LogP contribution in [0.2, 0.25) is 5.02 Å². The SMILES string of the molecule is O=C(CC(NC1CCCCC1)C(=O)O)c1ccc(Cl)cc1. The summed E-state index contributed by atoms with van der Waals surface area (Å²) in [6.45, 7) is 0. The molecule has 1 atom stereocenters. The second-order valence-corrected chi connectivity index (χ2v) is 5.96. The van der Waals surface area contributed by atoms with E-state index in [9.17, 15) is 14.7 Å². The first-order chi connectivity index (χ1) is 10.1. The Hall–Kier alpha value is -1.39. The molecule has 1 aliphatic carbocycles. The summed E-state index contributed by atoms with van der Waals surface area (Å²) in [7, 11) is 0. The van der Waals surface area contributed by atoms with Crippen LogP contribution in [0.4, 0.5) is 0 Å². The van der Waals surface area contributed by atoms with E-state index in [4.69, 9.17) is 11.6 Å². The Kier molecular flexibility index (Phi) is 5.76. The van der Waals surface area contributed by atoms with Gasteiger partial charge in [0.15, 0.2) is 5.78 Å². The second-order valence-electron chi connectivity index (χ2n) is 5.53. The molecule has 114 valence electrons. The molecule has 1 aromatic carbocycles. The Morgan fingerprint density at radius 1 is 1.19 bits per heavy atom. The lowest BCUT2D eigenvalue weighted by molar-refractivity contribution is -0.139. The van der Waals surface area contributed by atoms with Gasteiger partial charge in [0.25, 0.3) is 0 Å². The van der Waals surface area contributed by atoms with Crippen LogP contribution in [0.3, 0.4) is 0 Å². The maximum atomic E-state index is 12.2. The zero-order valence-electron chi connectivity index (χ0n) is 11.8. The predicted molar refractivity (Wildman–Crippen MR) is 81.8 cm³/mol. The van der Waals surface area contributed by atoms with Crippen LogP contribution in [-0.4, -0.2) is 28.9 Å². The lowest BCUT2D eigenvalue weighted by Gasteiger charge is -2.26. The number of ketones is 1. The fraction of sp³-hybridized carbons (Fsp3) is 0.500. The van der Waals surface area contributed by atoms with Crippen LogP contribution in [0.1, 0.15) is 48.9 Å². The molecule has 0 radical (unpaired) electrons. The van der Waals surface area contributed by atoms with Crippen LogP contribution in [0.25, 0.3) is 0 Å². The topological polar surface area (TPSA) is 66.4 Å². The normalized spacial score (nSPS) is 17.4. The fourth-order valence-electron chi connectivity index (χ4n) is 2.71. The lowest BCUT2D eigenvalue weighted by atomic mass is 9.94. The van der Waals surface area contributed by atoms with Gasteiger partial charge >= 0.3 is 5.97 Å². The highest BCUT2D eigenvalue weighted by atomic mass is 35.5. The molecule has 1 saturated carbocycles. The van der Waals surface area contributed by atoms with Crippen molar-refractivity contribution < 1.29 is 14.7 Å². The molecule has 0 saturated heterocycles. The van der Waals surface area contributed by atoms with E-state index in [0.717, 1.165) is 25.7 Å². The summed E-state index contributed by atoms with van der Waals surface area (Å²) in [6, 6.07) is 5.92. The summed E-state index contributed by atoms with van der Waals surface area (Å²) >= 11 is 5.78. The van der Waals surface area contributed by atoms with E-state index in [2.05, 4.69) is 5.32 Å². The molecule has 1 aliphatic rings. The molecule has 0 aromatic heterocycles. The first-order valence-electron chi connectivity index (χ1n) is 7.34. The predicted octanol–water partition coefficient (Wildman–Crippen LogP) is 3.29. The van der Waals surface area contributed by atoms with Gasteiger partial charge in [-0.2, -0.15) is 0 Å². The minimum Gasteiger partial charge on any atom is -0.480 e. The van der Waals surface area contributed by atoms with Crippen molar-refractivity contribution in [1.82, 2.24) is 5.32 Å². The first-order valence-corrected chi connectivity index (χ1v) is 7.71. The monoisotopic (exact) mass is 309 g/mol. The summed E-state index contributed by atoms with van der Waals surface area (Å²) in [5.74, 6) is -1.15. The van der Waals surface area contributed by atoms with E-state index < -0.39 is 12.0 Å². The summed E-state index contributed by atoms with van der Waals surface area (Å²) in [5.41, 5.74) is 0.496. The van der Waals surface area contributed by atoms with Gasteiger partial charge in [-0.3, -0.25) is 9.59 Å². The average molecular weight is 310 g/mol. The molecule has 4 nitrogen and oxygen atoms in total. The number of hydrogen-bond donors (Lipinski definition) is 2. The Bertz CT molecular complexity index is 495. The van der Waals surface area contributed by atoms with E-state index >= 15 is 0 Å². The van der Waals surface area contributed by atoms with Crippen molar-refractivity contribution in [1.29, 1.82) is 0 Å². The van der Waals surface area contributed by atoms with Crippen molar-refractivity contribution in [3.63, 3.8) is 0 Å². The molecular formula is C16H20ClNO3. The third-order valence-electron chi connectivity index (χ3n) is 3.90. The van der Waals surface area contributed by atoms with Gasteiger partial charge in [0.1, 0.15) is 6.04 Å². The summed E-state index contributed by atoms with van der Waals surface area (Å²) < 4.78 is 0. The van der Waals surface area contributed by atoms with Crippen molar-refractivity contribution in [3.8, 4) is 0 Å². The Balaban J connectivity index is 1.96. The number of carbonyl (C=O) groups excluding carboxylic acids is 1. The molecule has 21 heavy (non-hydrogen) atoms. The molecule has 0 aliphatic heterocycles. The number of carboxylic acid groups (broad SMARTS) is 1. The van der Waals surface area contributed by atoms with Gasteiger partial charge in [-0.25, -0.2) is 0 Å². The van der Waals surface area contributed by atoms with Crippen LogP contribution in [-0.2, 0) is 4.79 Å². The number of nitrogens with one attached hydrogen (secondary N) is 1. The summed E-state index contributed by atoms with van der Waals surface area (Å²) in [5, 5.41) is 13.0. The maximum absolute atomic E-state index is 12.2. The fourth-order valence-corrected chi connectivity index (χ4v) is 2.84.